The Kier molecular flexibility index (Phi) is 4.85. The molecule has 0 saturated carbocycles. The molecule has 1 N–H and O–H groups in total. The molecule has 6 heteroatoms. The molecule has 0 spiro atoms. The van der Waals surface area contributed by atoms with Gasteiger partial charge in [-0.2, -0.15) is 0 Å². The zero-order valence-corrected chi connectivity index (χ0v) is 13.3. The summed E-state index contributed by atoms with van der Waals surface area (Å²) in [4.78, 5) is 10.9. The SMILES string of the molecule is Cc1cc(Br)cc(Cl)c1OCc1cc(C(=O)O)ccc1F. The van der Waals surface area contributed by atoms with Crippen molar-refractivity contribution in [2.45, 2.75) is 13.5 Å². The first-order valence-corrected chi connectivity index (χ1v) is 7.15. The zero-order valence-electron chi connectivity index (χ0n) is 11.0. The van der Waals surface area contributed by atoms with Crippen molar-refractivity contribution in [3.63, 3.8) is 0 Å². The first-order chi connectivity index (χ1) is 9.88. The van der Waals surface area contributed by atoms with Crippen molar-refractivity contribution in [2.24, 2.45) is 0 Å². The fourth-order valence-corrected chi connectivity index (χ4v) is 2.87. The molecule has 0 heterocycles. The lowest BCUT2D eigenvalue weighted by atomic mass is 10.1. The Morgan fingerprint density at radius 2 is 2.10 bits per heavy atom. The second kappa shape index (κ2) is 6.45. The Morgan fingerprint density at radius 3 is 2.71 bits per heavy atom. The van der Waals surface area contributed by atoms with Gasteiger partial charge in [0.25, 0.3) is 0 Å². The van der Waals surface area contributed by atoms with Crippen molar-refractivity contribution in [3.05, 3.63) is 62.3 Å². The maximum atomic E-state index is 13.7. The van der Waals surface area contributed by atoms with Gasteiger partial charge in [-0.1, -0.05) is 27.5 Å². The fourth-order valence-electron chi connectivity index (χ4n) is 1.84. The van der Waals surface area contributed by atoms with Crippen LogP contribution in [-0.4, -0.2) is 11.1 Å². The summed E-state index contributed by atoms with van der Waals surface area (Å²) in [5, 5.41) is 9.31. The van der Waals surface area contributed by atoms with E-state index in [0.717, 1.165) is 16.1 Å². The van der Waals surface area contributed by atoms with Gasteiger partial charge in [-0.05, 0) is 42.8 Å². The predicted molar refractivity (Wildman–Crippen MR) is 81.6 cm³/mol. The Bertz CT molecular complexity index is 680. The van der Waals surface area contributed by atoms with Crippen LogP contribution in [0.15, 0.2) is 34.8 Å². The van der Waals surface area contributed by atoms with E-state index in [-0.39, 0.29) is 17.7 Å². The van der Waals surface area contributed by atoms with Crippen LogP contribution in [-0.2, 0) is 6.61 Å². The molecule has 2 aromatic rings. The van der Waals surface area contributed by atoms with Gasteiger partial charge < -0.3 is 9.84 Å². The van der Waals surface area contributed by atoms with Crippen LogP contribution >= 0.6 is 27.5 Å². The van der Waals surface area contributed by atoms with E-state index < -0.39 is 11.8 Å². The lowest BCUT2D eigenvalue weighted by Gasteiger charge is -2.12. The zero-order chi connectivity index (χ0) is 15.6. The number of carboxylic acids is 1. The smallest absolute Gasteiger partial charge is 0.335 e. The van der Waals surface area contributed by atoms with Gasteiger partial charge in [0.1, 0.15) is 18.2 Å². The van der Waals surface area contributed by atoms with Crippen LogP contribution in [0, 0.1) is 12.7 Å². The van der Waals surface area contributed by atoms with Crippen LogP contribution in [0.2, 0.25) is 5.02 Å². The summed E-state index contributed by atoms with van der Waals surface area (Å²) in [7, 11) is 0. The largest absolute Gasteiger partial charge is 0.487 e. The molecule has 0 aromatic heterocycles. The van der Waals surface area contributed by atoms with Gasteiger partial charge in [-0.25, -0.2) is 9.18 Å². The van der Waals surface area contributed by atoms with E-state index in [9.17, 15) is 9.18 Å². The Hall–Kier alpha value is -1.59. The van der Waals surface area contributed by atoms with E-state index in [1.807, 2.05) is 13.0 Å². The van der Waals surface area contributed by atoms with Crippen molar-refractivity contribution < 1.29 is 19.0 Å². The summed E-state index contributed by atoms with van der Waals surface area (Å²) in [6.45, 7) is 1.71. The molecule has 0 amide bonds. The maximum Gasteiger partial charge on any atom is 0.335 e. The average molecular weight is 374 g/mol. The lowest BCUT2D eigenvalue weighted by Crippen LogP contribution is -2.04. The highest BCUT2D eigenvalue weighted by Gasteiger charge is 2.12. The van der Waals surface area contributed by atoms with Crippen LogP contribution in [0.5, 0.6) is 5.75 Å². The highest BCUT2D eigenvalue weighted by atomic mass is 79.9. The molecule has 3 nitrogen and oxygen atoms in total. The fraction of sp³-hybridized carbons (Fsp3) is 0.133. The Morgan fingerprint density at radius 1 is 1.38 bits per heavy atom. The minimum Gasteiger partial charge on any atom is -0.487 e. The summed E-state index contributed by atoms with van der Waals surface area (Å²) in [6, 6.07) is 7.07. The molecule has 21 heavy (non-hydrogen) atoms. The molecule has 0 saturated heterocycles. The summed E-state index contributed by atoms with van der Waals surface area (Å²) in [6.07, 6.45) is 0. The summed E-state index contributed by atoms with van der Waals surface area (Å²) in [5.41, 5.74) is 0.964. The highest BCUT2D eigenvalue weighted by molar-refractivity contribution is 9.10. The van der Waals surface area contributed by atoms with Gasteiger partial charge in [0.05, 0.1) is 10.6 Å². The number of rotatable bonds is 4. The maximum absolute atomic E-state index is 13.7. The van der Waals surface area contributed by atoms with Gasteiger partial charge in [-0.15, -0.1) is 0 Å². The molecule has 2 aromatic carbocycles. The van der Waals surface area contributed by atoms with Crippen LogP contribution in [0.3, 0.4) is 0 Å². The number of hydrogen-bond donors (Lipinski definition) is 1. The van der Waals surface area contributed by atoms with Crippen LogP contribution in [0.25, 0.3) is 0 Å². The molecule has 0 unspecified atom stereocenters. The molecule has 0 aliphatic carbocycles. The van der Waals surface area contributed by atoms with E-state index in [4.69, 9.17) is 21.4 Å². The molecule has 0 aliphatic heterocycles. The summed E-state index contributed by atoms with van der Waals surface area (Å²) in [5.74, 6) is -1.19. The summed E-state index contributed by atoms with van der Waals surface area (Å²) >= 11 is 9.39. The highest BCUT2D eigenvalue weighted by Crippen LogP contribution is 2.32. The molecule has 0 atom stereocenters. The number of benzene rings is 2. The van der Waals surface area contributed by atoms with Gasteiger partial charge in [-0.3, -0.25) is 0 Å². The Labute approximate surface area is 134 Å². The molecule has 0 fully saturated rings. The topological polar surface area (TPSA) is 46.5 Å². The first-order valence-electron chi connectivity index (χ1n) is 5.98. The van der Waals surface area contributed by atoms with Gasteiger partial charge in [0, 0.05) is 10.0 Å². The van der Waals surface area contributed by atoms with E-state index in [1.54, 1.807) is 6.07 Å². The number of aromatic carboxylic acids is 1. The van der Waals surface area contributed by atoms with Crippen LogP contribution in [0.4, 0.5) is 4.39 Å². The minimum atomic E-state index is -1.12. The number of aryl methyl sites for hydroxylation is 1. The quantitative estimate of drug-likeness (QED) is 0.835. The third-order valence-electron chi connectivity index (χ3n) is 2.86. The van der Waals surface area contributed by atoms with E-state index in [1.165, 1.54) is 12.1 Å². The predicted octanol–water partition coefficient (Wildman–Crippen LogP) is 4.83. The van der Waals surface area contributed by atoms with E-state index in [0.29, 0.717) is 10.8 Å². The number of halogens is 3. The monoisotopic (exact) mass is 372 g/mol. The lowest BCUT2D eigenvalue weighted by molar-refractivity contribution is 0.0696. The molecule has 0 aliphatic rings. The van der Waals surface area contributed by atoms with Crippen LogP contribution in [0.1, 0.15) is 21.5 Å². The molecular weight excluding hydrogens is 363 g/mol. The summed E-state index contributed by atoms with van der Waals surface area (Å²) < 4.78 is 20.0. The van der Waals surface area contributed by atoms with Crippen molar-refractivity contribution >= 4 is 33.5 Å². The van der Waals surface area contributed by atoms with Crippen molar-refractivity contribution in [2.75, 3.05) is 0 Å². The van der Waals surface area contributed by atoms with Crippen LogP contribution < -0.4 is 4.74 Å². The van der Waals surface area contributed by atoms with E-state index >= 15 is 0 Å². The van der Waals surface area contributed by atoms with Crippen molar-refractivity contribution in [1.29, 1.82) is 0 Å². The molecule has 110 valence electrons. The van der Waals surface area contributed by atoms with Crippen molar-refractivity contribution in [1.82, 2.24) is 0 Å². The minimum absolute atomic E-state index is 0.00799. The second-order valence-corrected chi connectivity index (χ2v) is 5.76. The third-order valence-corrected chi connectivity index (χ3v) is 3.60. The second-order valence-electron chi connectivity index (χ2n) is 4.43. The Balaban J connectivity index is 2.24. The molecule has 0 radical (unpaired) electrons. The molecule has 0 bridgehead atoms. The van der Waals surface area contributed by atoms with Gasteiger partial charge in [0.15, 0.2) is 0 Å². The number of ether oxygens (including phenoxy) is 1. The third kappa shape index (κ3) is 3.74. The van der Waals surface area contributed by atoms with E-state index in [2.05, 4.69) is 15.9 Å². The first kappa shape index (κ1) is 15.8. The molecule has 2 rings (SSSR count). The standard InChI is InChI=1S/C15H11BrClFO3/c1-8-4-11(16)6-12(17)14(8)21-7-10-5-9(15(19)20)2-3-13(10)18/h2-6H,7H2,1H3,(H,19,20). The molecular formula is C15H11BrClFO3. The number of carbonyl (C=O) groups is 1. The number of carboxylic acid groups (broad SMARTS) is 1. The number of hydrogen-bond acceptors (Lipinski definition) is 2. The average Bonchev–Trinajstić information content (AvgIpc) is 2.39. The normalized spacial score (nSPS) is 10.5. The van der Waals surface area contributed by atoms with Crippen molar-refractivity contribution in [3.8, 4) is 5.75 Å². The van der Waals surface area contributed by atoms with Gasteiger partial charge >= 0.3 is 5.97 Å². The van der Waals surface area contributed by atoms with Gasteiger partial charge in [0.2, 0.25) is 0 Å².